The molecule has 0 radical (unpaired) electrons. The van der Waals surface area contributed by atoms with Gasteiger partial charge < -0.3 is 10.5 Å². The zero-order valence-corrected chi connectivity index (χ0v) is 11.9. The molecular weight excluding hydrogens is 268 g/mol. The Kier molecular flexibility index (Phi) is 6.56. The van der Waals surface area contributed by atoms with E-state index in [2.05, 4.69) is 0 Å². The number of ether oxygens (including phenoxy) is 1. The molecule has 1 atom stereocenters. The maximum atomic E-state index is 11.7. The molecule has 0 aliphatic rings. The molecular formula is C8H20N2O5S2. The molecule has 0 saturated carbocycles. The molecule has 0 bridgehead atoms. The van der Waals surface area contributed by atoms with Gasteiger partial charge in [-0.15, -0.1) is 0 Å². The summed E-state index contributed by atoms with van der Waals surface area (Å²) < 4.78 is 51.0. The van der Waals surface area contributed by atoms with Crippen molar-refractivity contribution in [3.63, 3.8) is 0 Å². The molecule has 1 unspecified atom stereocenters. The highest BCUT2D eigenvalue weighted by molar-refractivity contribution is 7.93. The fraction of sp³-hybridized carbons (Fsp3) is 1.00. The van der Waals surface area contributed by atoms with E-state index in [0.717, 1.165) is 10.6 Å². The maximum Gasteiger partial charge on any atom is 0.214 e. The van der Waals surface area contributed by atoms with E-state index in [1.165, 1.54) is 14.2 Å². The van der Waals surface area contributed by atoms with E-state index < -0.39 is 31.7 Å². The summed E-state index contributed by atoms with van der Waals surface area (Å²) >= 11 is 0. The largest absolute Gasteiger partial charge is 0.383 e. The second-order valence-electron chi connectivity index (χ2n) is 3.94. The highest BCUT2D eigenvalue weighted by Gasteiger charge is 2.21. The minimum Gasteiger partial charge on any atom is -0.383 e. The smallest absolute Gasteiger partial charge is 0.214 e. The number of sulfone groups is 1. The van der Waals surface area contributed by atoms with Crippen molar-refractivity contribution < 1.29 is 21.6 Å². The third kappa shape index (κ3) is 7.66. The zero-order valence-electron chi connectivity index (χ0n) is 10.3. The van der Waals surface area contributed by atoms with E-state index in [1.807, 2.05) is 0 Å². The van der Waals surface area contributed by atoms with Gasteiger partial charge in [-0.05, 0) is 0 Å². The number of nitrogens with zero attached hydrogens (tertiary/aromatic N) is 1. The SMILES string of the molecule is COCC(N)CN(C)S(=O)(=O)CCS(C)(=O)=O. The molecule has 7 nitrogen and oxygen atoms in total. The third-order valence-electron chi connectivity index (χ3n) is 2.06. The van der Waals surface area contributed by atoms with Gasteiger partial charge in [0.1, 0.15) is 9.84 Å². The Morgan fingerprint density at radius 3 is 2.18 bits per heavy atom. The molecule has 9 heteroatoms. The summed E-state index contributed by atoms with van der Waals surface area (Å²) in [6.45, 7) is 0.339. The average Bonchev–Trinajstić information content (AvgIpc) is 2.14. The van der Waals surface area contributed by atoms with Crippen molar-refractivity contribution in [2.75, 3.05) is 45.1 Å². The van der Waals surface area contributed by atoms with E-state index in [0.29, 0.717) is 0 Å². The number of methoxy groups -OCH3 is 1. The Balaban J connectivity index is 4.40. The lowest BCUT2D eigenvalue weighted by molar-refractivity contribution is 0.173. The van der Waals surface area contributed by atoms with Crippen LogP contribution < -0.4 is 5.73 Å². The topological polar surface area (TPSA) is 107 Å². The van der Waals surface area contributed by atoms with Crippen LogP contribution in [0.15, 0.2) is 0 Å². The Bertz CT molecular complexity index is 417. The minimum absolute atomic E-state index is 0.0972. The number of hydrogen-bond acceptors (Lipinski definition) is 6. The minimum atomic E-state index is -3.59. The highest BCUT2D eigenvalue weighted by Crippen LogP contribution is 2.01. The van der Waals surface area contributed by atoms with Crippen molar-refractivity contribution >= 4 is 19.9 Å². The molecule has 0 aromatic rings. The third-order valence-corrected chi connectivity index (χ3v) is 5.08. The predicted molar refractivity (Wildman–Crippen MR) is 66.0 cm³/mol. The molecule has 0 heterocycles. The lowest BCUT2D eigenvalue weighted by atomic mass is 10.3. The van der Waals surface area contributed by atoms with Crippen LogP contribution in [-0.2, 0) is 24.6 Å². The number of sulfonamides is 1. The predicted octanol–water partition coefficient (Wildman–Crippen LogP) is -1.73. The van der Waals surface area contributed by atoms with Crippen LogP contribution in [0.5, 0.6) is 0 Å². The van der Waals surface area contributed by atoms with Gasteiger partial charge in [0, 0.05) is 33.0 Å². The van der Waals surface area contributed by atoms with Gasteiger partial charge in [-0.1, -0.05) is 0 Å². The van der Waals surface area contributed by atoms with Crippen LogP contribution in [0, 0.1) is 0 Å². The van der Waals surface area contributed by atoms with Crippen molar-refractivity contribution in [2.24, 2.45) is 5.73 Å². The summed E-state index contributed by atoms with van der Waals surface area (Å²) in [5.74, 6) is -0.818. The molecule has 0 saturated heterocycles. The van der Waals surface area contributed by atoms with E-state index >= 15 is 0 Å². The molecule has 2 N–H and O–H groups in total. The highest BCUT2D eigenvalue weighted by atomic mass is 32.2. The van der Waals surface area contributed by atoms with Gasteiger partial charge in [-0.25, -0.2) is 21.1 Å². The number of likely N-dealkylation sites (N-methyl/N-ethyl adjacent to an activating group) is 1. The van der Waals surface area contributed by atoms with Crippen LogP contribution >= 0.6 is 0 Å². The average molecular weight is 288 g/mol. The summed E-state index contributed by atoms with van der Waals surface area (Å²) in [5, 5.41) is 0. The molecule has 0 amide bonds. The van der Waals surface area contributed by atoms with Crippen LogP contribution in [0.2, 0.25) is 0 Å². The van der Waals surface area contributed by atoms with Gasteiger partial charge in [-0.2, -0.15) is 0 Å². The van der Waals surface area contributed by atoms with Crippen LogP contribution in [0.3, 0.4) is 0 Å². The first-order valence-corrected chi connectivity index (χ1v) is 8.61. The van der Waals surface area contributed by atoms with Gasteiger partial charge in [0.15, 0.2) is 0 Å². The zero-order chi connectivity index (χ0) is 13.7. The number of nitrogens with two attached hydrogens (primary N) is 1. The lowest BCUT2D eigenvalue weighted by Crippen LogP contribution is -2.42. The first-order valence-electron chi connectivity index (χ1n) is 4.95. The lowest BCUT2D eigenvalue weighted by Gasteiger charge is -2.20. The Hall–Kier alpha value is -0.220. The first-order chi connectivity index (χ1) is 7.58. The molecule has 104 valence electrons. The normalized spacial score (nSPS) is 15.1. The van der Waals surface area contributed by atoms with Gasteiger partial charge in [0.05, 0.1) is 18.1 Å². The van der Waals surface area contributed by atoms with E-state index in [1.54, 1.807) is 0 Å². The molecule has 0 aromatic heterocycles. The van der Waals surface area contributed by atoms with Crippen molar-refractivity contribution in [1.82, 2.24) is 4.31 Å². The monoisotopic (exact) mass is 288 g/mol. The van der Waals surface area contributed by atoms with Crippen LogP contribution in [0.1, 0.15) is 0 Å². The van der Waals surface area contributed by atoms with Crippen molar-refractivity contribution in [1.29, 1.82) is 0 Å². The van der Waals surface area contributed by atoms with Crippen LogP contribution in [0.25, 0.3) is 0 Å². The maximum absolute atomic E-state index is 11.7. The first kappa shape index (κ1) is 16.8. The van der Waals surface area contributed by atoms with Gasteiger partial charge in [0.2, 0.25) is 10.0 Å². The fourth-order valence-corrected chi connectivity index (χ4v) is 3.91. The van der Waals surface area contributed by atoms with Crippen molar-refractivity contribution in [3.8, 4) is 0 Å². The summed E-state index contributed by atoms with van der Waals surface area (Å²) in [5.41, 5.74) is 5.61. The molecule has 17 heavy (non-hydrogen) atoms. The van der Waals surface area contributed by atoms with E-state index in [-0.39, 0.29) is 18.9 Å². The van der Waals surface area contributed by atoms with Crippen LogP contribution in [-0.4, -0.2) is 72.3 Å². The molecule has 0 aromatic carbocycles. The van der Waals surface area contributed by atoms with Crippen molar-refractivity contribution in [3.05, 3.63) is 0 Å². The van der Waals surface area contributed by atoms with Crippen LogP contribution in [0.4, 0.5) is 0 Å². The molecule has 0 aliphatic carbocycles. The summed E-state index contributed by atoms with van der Waals surface area (Å²) in [6.07, 6.45) is 0.999. The Morgan fingerprint density at radius 2 is 1.76 bits per heavy atom. The molecule has 0 fully saturated rings. The fourth-order valence-electron chi connectivity index (χ4n) is 1.12. The van der Waals surface area contributed by atoms with Gasteiger partial charge in [0.25, 0.3) is 0 Å². The van der Waals surface area contributed by atoms with Gasteiger partial charge >= 0.3 is 0 Å². The second kappa shape index (κ2) is 6.64. The van der Waals surface area contributed by atoms with E-state index in [9.17, 15) is 16.8 Å². The standard InChI is InChI=1S/C8H20N2O5S2/c1-10(6-8(9)7-15-2)17(13,14)5-4-16(3,11)12/h8H,4-7,9H2,1-3H3. The molecule has 0 spiro atoms. The second-order valence-corrected chi connectivity index (χ2v) is 8.40. The van der Waals surface area contributed by atoms with Crippen molar-refractivity contribution in [2.45, 2.75) is 6.04 Å². The van der Waals surface area contributed by atoms with E-state index in [4.69, 9.17) is 10.5 Å². The Morgan fingerprint density at radius 1 is 1.24 bits per heavy atom. The number of hydrogen-bond donors (Lipinski definition) is 1. The molecule has 0 rings (SSSR count). The summed E-state index contributed by atoms with van der Waals surface area (Å²) in [7, 11) is -4.04. The summed E-state index contributed by atoms with van der Waals surface area (Å²) in [4.78, 5) is 0. The molecule has 0 aliphatic heterocycles. The quantitative estimate of drug-likeness (QED) is 0.568. The Labute approximate surface area is 103 Å². The van der Waals surface area contributed by atoms with Gasteiger partial charge in [-0.3, -0.25) is 0 Å². The summed E-state index contributed by atoms with van der Waals surface area (Å²) in [6, 6.07) is -0.432. The number of rotatable bonds is 8.